The summed E-state index contributed by atoms with van der Waals surface area (Å²) >= 11 is 1.72. The van der Waals surface area contributed by atoms with Gasteiger partial charge in [0.05, 0.1) is 12.7 Å². The molecule has 1 aromatic heterocycles. The van der Waals surface area contributed by atoms with E-state index in [0.717, 1.165) is 6.07 Å². The summed E-state index contributed by atoms with van der Waals surface area (Å²) in [6.07, 6.45) is -2.71. The number of rotatable bonds is 2. The van der Waals surface area contributed by atoms with Crippen molar-refractivity contribution < 1.29 is 18.3 Å². The van der Waals surface area contributed by atoms with Gasteiger partial charge < -0.3 is 10.5 Å². The third kappa shape index (κ3) is 2.52. The average molecular weight is 328 g/mol. The number of ether oxygens (including phenoxy) is 1. The van der Waals surface area contributed by atoms with Gasteiger partial charge in [-0.2, -0.15) is 0 Å². The Morgan fingerprint density at radius 1 is 1.67 bits per heavy atom. The molecule has 0 unspecified atom stereocenters. The first-order valence-corrected chi connectivity index (χ1v) is 4.87. The van der Waals surface area contributed by atoms with Crippen molar-refractivity contribution >= 4 is 34.4 Å². The summed E-state index contributed by atoms with van der Waals surface area (Å²) in [5.41, 5.74) is 4.84. The lowest BCUT2D eigenvalue weighted by Gasteiger charge is -2.07. The fourth-order valence-electron chi connectivity index (χ4n) is 0.932. The number of anilines is 1. The van der Waals surface area contributed by atoms with Gasteiger partial charge in [-0.05, 0) is 28.7 Å². The topological polar surface area (TPSA) is 65.2 Å². The first-order valence-electron chi connectivity index (χ1n) is 3.79. The van der Waals surface area contributed by atoms with E-state index in [1.165, 1.54) is 7.11 Å². The number of methoxy groups -OCH3 is 1. The summed E-state index contributed by atoms with van der Waals surface area (Å²) in [5.74, 6) is -1.06. The number of pyridine rings is 1. The van der Waals surface area contributed by atoms with E-state index < -0.39 is 12.4 Å². The molecule has 2 N–H and O–H groups in total. The molecule has 0 amide bonds. The van der Waals surface area contributed by atoms with Crippen LogP contribution in [0.1, 0.15) is 22.5 Å². The molecule has 0 aliphatic rings. The van der Waals surface area contributed by atoms with Crippen molar-refractivity contribution in [2.24, 2.45) is 0 Å². The molecule has 15 heavy (non-hydrogen) atoms. The van der Waals surface area contributed by atoms with E-state index >= 15 is 0 Å². The van der Waals surface area contributed by atoms with E-state index in [9.17, 15) is 13.6 Å². The number of carbonyl (C=O) groups is 1. The van der Waals surface area contributed by atoms with Crippen LogP contribution in [0.15, 0.2) is 6.07 Å². The van der Waals surface area contributed by atoms with Gasteiger partial charge in [-0.1, -0.05) is 0 Å². The Kier molecular flexibility index (Phi) is 3.77. The zero-order valence-electron chi connectivity index (χ0n) is 7.63. The summed E-state index contributed by atoms with van der Waals surface area (Å²) in [5, 5.41) is 0. The number of esters is 1. The van der Waals surface area contributed by atoms with Crippen molar-refractivity contribution in [2.75, 3.05) is 12.8 Å². The molecule has 0 spiro atoms. The highest BCUT2D eigenvalue weighted by Gasteiger charge is 2.19. The Balaban J connectivity index is 3.25. The Hall–Kier alpha value is -0.990. The second-order valence-corrected chi connectivity index (χ2v) is 3.75. The minimum absolute atomic E-state index is 0.0556. The maximum absolute atomic E-state index is 12.4. The zero-order chi connectivity index (χ0) is 11.6. The number of alkyl halides is 2. The van der Waals surface area contributed by atoms with Crippen LogP contribution < -0.4 is 5.73 Å². The van der Waals surface area contributed by atoms with Gasteiger partial charge in [-0.25, -0.2) is 18.6 Å². The number of nitrogens with two attached hydrogens (primary N) is 1. The van der Waals surface area contributed by atoms with Gasteiger partial charge in [-0.15, -0.1) is 0 Å². The number of hydrogen-bond acceptors (Lipinski definition) is 4. The highest BCUT2D eigenvalue weighted by atomic mass is 127. The molecule has 1 aromatic rings. The van der Waals surface area contributed by atoms with E-state index in [2.05, 4.69) is 9.72 Å². The molecule has 0 bridgehead atoms. The molecule has 0 fully saturated rings. The maximum atomic E-state index is 12.4. The van der Waals surface area contributed by atoms with Crippen LogP contribution in [-0.4, -0.2) is 18.1 Å². The van der Waals surface area contributed by atoms with Crippen molar-refractivity contribution in [2.45, 2.75) is 6.43 Å². The molecular weight excluding hydrogens is 321 g/mol. The van der Waals surface area contributed by atoms with Crippen LogP contribution in [0.25, 0.3) is 0 Å². The Labute approximate surface area is 98.0 Å². The molecule has 0 radical (unpaired) electrons. The quantitative estimate of drug-likeness (QED) is 0.666. The highest BCUT2D eigenvalue weighted by molar-refractivity contribution is 14.1. The monoisotopic (exact) mass is 328 g/mol. The predicted molar refractivity (Wildman–Crippen MR) is 57.7 cm³/mol. The Morgan fingerprint density at radius 2 is 2.27 bits per heavy atom. The molecule has 0 saturated carbocycles. The summed E-state index contributed by atoms with van der Waals surface area (Å²) in [7, 11) is 1.18. The van der Waals surface area contributed by atoms with Crippen LogP contribution in [-0.2, 0) is 4.74 Å². The second kappa shape index (κ2) is 4.69. The van der Waals surface area contributed by atoms with Crippen LogP contribution in [0, 0.1) is 3.57 Å². The standard InChI is InChI=1S/C8H7F2IN2O2/c1-15-8(14)5-4(11)2-3(6(9)10)7(12)13-5/h2,6H,1H3,(H2,12,13). The SMILES string of the molecule is COC(=O)c1nc(N)c(C(F)F)cc1I. The third-order valence-corrected chi connectivity index (χ3v) is 2.47. The molecule has 1 rings (SSSR count). The molecule has 0 atom stereocenters. The van der Waals surface area contributed by atoms with E-state index in [0.29, 0.717) is 0 Å². The van der Waals surface area contributed by atoms with E-state index in [4.69, 9.17) is 5.73 Å². The molecule has 0 saturated heterocycles. The van der Waals surface area contributed by atoms with Crippen LogP contribution in [0.4, 0.5) is 14.6 Å². The van der Waals surface area contributed by atoms with Crippen LogP contribution >= 0.6 is 22.6 Å². The summed E-state index contributed by atoms with van der Waals surface area (Å²) in [4.78, 5) is 14.7. The summed E-state index contributed by atoms with van der Waals surface area (Å²) < 4.78 is 29.5. The third-order valence-electron chi connectivity index (χ3n) is 1.65. The minimum Gasteiger partial charge on any atom is -0.464 e. The summed E-state index contributed by atoms with van der Waals surface area (Å²) in [6.45, 7) is 0. The summed E-state index contributed by atoms with van der Waals surface area (Å²) in [6, 6.07) is 1.12. The minimum atomic E-state index is -2.71. The number of nitrogens with zero attached hydrogens (tertiary/aromatic N) is 1. The molecule has 0 aliphatic carbocycles. The zero-order valence-corrected chi connectivity index (χ0v) is 9.79. The van der Waals surface area contributed by atoms with Gasteiger partial charge in [-0.3, -0.25) is 0 Å². The lowest BCUT2D eigenvalue weighted by molar-refractivity contribution is 0.0592. The number of carbonyl (C=O) groups excluding carboxylic acids is 1. The van der Waals surface area contributed by atoms with Crippen LogP contribution in [0.3, 0.4) is 0 Å². The fraction of sp³-hybridized carbons (Fsp3) is 0.250. The first-order chi connectivity index (χ1) is 6.97. The van der Waals surface area contributed by atoms with Crippen molar-refractivity contribution in [3.05, 3.63) is 20.9 Å². The molecule has 0 aromatic carbocycles. The predicted octanol–water partition coefficient (Wildman–Crippen LogP) is 1.99. The van der Waals surface area contributed by atoms with E-state index in [1.807, 2.05) is 0 Å². The molecule has 0 aliphatic heterocycles. The molecule has 4 nitrogen and oxygen atoms in total. The number of hydrogen-bond donors (Lipinski definition) is 1. The van der Waals surface area contributed by atoms with E-state index in [1.54, 1.807) is 22.6 Å². The Bertz CT molecular complexity index is 398. The smallest absolute Gasteiger partial charge is 0.357 e. The van der Waals surface area contributed by atoms with Crippen molar-refractivity contribution in [1.82, 2.24) is 4.98 Å². The number of aromatic nitrogens is 1. The van der Waals surface area contributed by atoms with Gasteiger partial charge in [0.1, 0.15) is 5.82 Å². The van der Waals surface area contributed by atoms with E-state index in [-0.39, 0.29) is 20.6 Å². The van der Waals surface area contributed by atoms with Gasteiger partial charge in [0.25, 0.3) is 6.43 Å². The number of nitrogen functional groups attached to an aromatic ring is 1. The average Bonchev–Trinajstić information content (AvgIpc) is 2.19. The highest BCUT2D eigenvalue weighted by Crippen LogP contribution is 2.26. The first kappa shape index (κ1) is 12.1. The van der Waals surface area contributed by atoms with Gasteiger partial charge in [0.15, 0.2) is 5.69 Å². The van der Waals surface area contributed by atoms with Crippen molar-refractivity contribution in [3.8, 4) is 0 Å². The number of halogens is 3. The lowest BCUT2D eigenvalue weighted by Crippen LogP contribution is -2.10. The normalized spacial score (nSPS) is 10.5. The molecule has 1 heterocycles. The van der Waals surface area contributed by atoms with Crippen LogP contribution in [0.2, 0.25) is 0 Å². The second-order valence-electron chi connectivity index (χ2n) is 2.59. The largest absolute Gasteiger partial charge is 0.464 e. The fourth-order valence-corrected chi connectivity index (χ4v) is 1.61. The van der Waals surface area contributed by atoms with Gasteiger partial charge in [0, 0.05) is 3.57 Å². The van der Waals surface area contributed by atoms with Crippen molar-refractivity contribution in [1.29, 1.82) is 0 Å². The van der Waals surface area contributed by atoms with Crippen LogP contribution in [0.5, 0.6) is 0 Å². The molecular formula is C8H7F2IN2O2. The Morgan fingerprint density at radius 3 is 2.73 bits per heavy atom. The molecule has 7 heteroatoms. The van der Waals surface area contributed by atoms with Crippen molar-refractivity contribution in [3.63, 3.8) is 0 Å². The van der Waals surface area contributed by atoms with Gasteiger partial charge in [0.2, 0.25) is 0 Å². The maximum Gasteiger partial charge on any atom is 0.357 e. The van der Waals surface area contributed by atoms with Gasteiger partial charge >= 0.3 is 5.97 Å². The molecule has 82 valence electrons. The lowest BCUT2D eigenvalue weighted by atomic mass is 10.2.